The fraction of sp³-hybridized carbons (Fsp3) is 0.481. The van der Waals surface area contributed by atoms with Gasteiger partial charge in [-0.1, -0.05) is 30.3 Å². The topological polar surface area (TPSA) is 85.1 Å². The summed E-state index contributed by atoms with van der Waals surface area (Å²) in [5, 5.41) is 0. The van der Waals surface area contributed by atoms with Gasteiger partial charge in [-0.15, -0.1) is 0 Å². The Morgan fingerprint density at radius 1 is 1.00 bits per heavy atom. The molecule has 0 bridgehead atoms. The van der Waals surface area contributed by atoms with E-state index < -0.39 is 5.91 Å². The monoisotopic (exact) mass is 465 g/mol. The molecule has 182 valence electrons. The molecule has 1 aliphatic heterocycles. The first-order valence-electron chi connectivity index (χ1n) is 12.2. The Hall–Kier alpha value is -3.22. The van der Waals surface area contributed by atoms with Crippen molar-refractivity contribution in [3.63, 3.8) is 0 Å². The number of nitrogens with zero attached hydrogens (tertiary/aromatic N) is 2. The fourth-order valence-electron chi connectivity index (χ4n) is 4.99. The van der Waals surface area contributed by atoms with Gasteiger partial charge < -0.3 is 25.0 Å². The molecule has 0 radical (unpaired) electrons. The molecule has 34 heavy (non-hydrogen) atoms. The number of anilines is 1. The van der Waals surface area contributed by atoms with Crippen molar-refractivity contribution >= 4 is 17.5 Å². The predicted octanol–water partition coefficient (Wildman–Crippen LogP) is 3.54. The minimum atomic E-state index is -0.445. The smallest absolute Gasteiger partial charge is 0.223 e. The van der Waals surface area contributed by atoms with Crippen LogP contribution >= 0.6 is 0 Å². The number of primary amides is 1. The van der Waals surface area contributed by atoms with Crippen LogP contribution in [0.4, 0.5) is 5.69 Å². The molecular formula is C27H35N3O4. The van der Waals surface area contributed by atoms with E-state index in [1.807, 2.05) is 29.2 Å². The van der Waals surface area contributed by atoms with E-state index in [2.05, 4.69) is 29.2 Å². The van der Waals surface area contributed by atoms with Gasteiger partial charge in [-0.25, -0.2) is 0 Å². The number of benzene rings is 2. The number of nitrogens with two attached hydrogens (primary N) is 1. The molecule has 7 heteroatoms. The first-order valence-corrected chi connectivity index (χ1v) is 12.2. The summed E-state index contributed by atoms with van der Waals surface area (Å²) >= 11 is 0. The summed E-state index contributed by atoms with van der Waals surface area (Å²) in [6, 6.07) is 16.3. The summed E-state index contributed by atoms with van der Waals surface area (Å²) in [6.07, 6.45) is 5.81. The normalized spacial score (nSPS) is 18.7. The molecule has 2 fully saturated rings. The highest BCUT2D eigenvalue weighted by molar-refractivity contribution is 5.83. The molecule has 1 saturated heterocycles. The quantitative estimate of drug-likeness (QED) is 0.612. The molecule has 1 saturated carbocycles. The molecule has 0 aromatic heterocycles. The van der Waals surface area contributed by atoms with Gasteiger partial charge in [0.15, 0.2) is 11.5 Å². The minimum absolute atomic E-state index is 0.00201. The number of piperazine rings is 1. The third-order valence-corrected chi connectivity index (χ3v) is 6.81. The Labute approximate surface area is 201 Å². The van der Waals surface area contributed by atoms with Gasteiger partial charge in [-0.2, -0.15) is 0 Å². The Morgan fingerprint density at radius 2 is 1.76 bits per heavy atom. The average Bonchev–Trinajstić information content (AvgIpc) is 3.36. The van der Waals surface area contributed by atoms with Gasteiger partial charge in [-0.05, 0) is 49.8 Å². The van der Waals surface area contributed by atoms with E-state index >= 15 is 0 Å². The summed E-state index contributed by atoms with van der Waals surface area (Å²) in [6.45, 7) is 2.01. The van der Waals surface area contributed by atoms with Crippen LogP contribution in [0.1, 0.15) is 44.1 Å². The second-order valence-electron chi connectivity index (χ2n) is 9.20. The van der Waals surface area contributed by atoms with Crippen molar-refractivity contribution in [2.45, 2.75) is 57.1 Å². The number of carbonyl (C=O) groups excluding carboxylic acids is 2. The van der Waals surface area contributed by atoms with E-state index in [1.165, 1.54) is 18.4 Å². The first-order chi connectivity index (χ1) is 16.5. The molecule has 2 amide bonds. The Bertz CT molecular complexity index is 975. The number of hydrogen-bond donors (Lipinski definition) is 1. The lowest BCUT2D eigenvalue weighted by molar-refractivity contribution is -0.135. The van der Waals surface area contributed by atoms with Gasteiger partial charge >= 0.3 is 0 Å². The second-order valence-corrected chi connectivity index (χ2v) is 9.20. The summed E-state index contributed by atoms with van der Waals surface area (Å²) in [5.41, 5.74) is 7.53. The lowest BCUT2D eigenvalue weighted by Gasteiger charge is -2.43. The molecule has 4 rings (SSSR count). The highest BCUT2D eigenvalue weighted by Crippen LogP contribution is 2.36. The first kappa shape index (κ1) is 23.9. The Morgan fingerprint density at radius 3 is 2.47 bits per heavy atom. The van der Waals surface area contributed by atoms with E-state index in [1.54, 1.807) is 7.11 Å². The number of ether oxygens (including phenoxy) is 2. The number of rotatable bonds is 9. The van der Waals surface area contributed by atoms with Gasteiger partial charge in [0.2, 0.25) is 11.8 Å². The van der Waals surface area contributed by atoms with Crippen molar-refractivity contribution < 1.29 is 19.1 Å². The highest BCUT2D eigenvalue weighted by atomic mass is 16.5. The maximum Gasteiger partial charge on any atom is 0.223 e. The summed E-state index contributed by atoms with van der Waals surface area (Å²) in [5.74, 6) is 1.07. The van der Waals surface area contributed by atoms with E-state index in [0.717, 1.165) is 36.4 Å². The molecule has 1 atom stereocenters. The van der Waals surface area contributed by atoms with E-state index in [4.69, 9.17) is 15.2 Å². The van der Waals surface area contributed by atoms with E-state index in [0.29, 0.717) is 19.6 Å². The largest absolute Gasteiger partial charge is 0.493 e. The Kier molecular flexibility index (Phi) is 7.93. The zero-order valence-corrected chi connectivity index (χ0v) is 19.9. The minimum Gasteiger partial charge on any atom is -0.493 e. The average molecular weight is 466 g/mol. The molecular weight excluding hydrogens is 430 g/mol. The molecule has 2 aromatic rings. The van der Waals surface area contributed by atoms with Crippen LogP contribution in [0.15, 0.2) is 48.5 Å². The van der Waals surface area contributed by atoms with Gasteiger partial charge in [0.05, 0.1) is 19.3 Å². The van der Waals surface area contributed by atoms with Crippen molar-refractivity contribution in [3.05, 3.63) is 54.1 Å². The fourth-order valence-corrected chi connectivity index (χ4v) is 4.99. The van der Waals surface area contributed by atoms with Crippen molar-refractivity contribution in [2.75, 3.05) is 31.6 Å². The molecule has 7 nitrogen and oxygen atoms in total. The zero-order valence-electron chi connectivity index (χ0n) is 19.9. The number of amides is 2. The summed E-state index contributed by atoms with van der Waals surface area (Å²) < 4.78 is 11.9. The van der Waals surface area contributed by atoms with Crippen LogP contribution in [-0.2, 0) is 16.0 Å². The van der Waals surface area contributed by atoms with Crippen LogP contribution in [0.2, 0.25) is 0 Å². The molecule has 2 aliphatic rings. The molecule has 0 spiro atoms. The number of carbonyl (C=O) groups is 2. The molecule has 1 unspecified atom stereocenters. The van der Waals surface area contributed by atoms with Crippen LogP contribution in [0.5, 0.6) is 11.5 Å². The van der Waals surface area contributed by atoms with Crippen LogP contribution in [0, 0.1) is 0 Å². The SMILES string of the molecule is COc1ccc(N2CCN(C(=O)CCC(N)=O)C(Cc3ccccc3)C2)cc1OC1CCCC1. The van der Waals surface area contributed by atoms with Crippen LogP contribution in [0.3, 0.4) is 0 Å². The van der Waals surface area contributed by atoms with Gasteiger partial charge in [-0.3, -0.25) is 9.59 Å². The number of methoxy groups -OCH3 is 1. The van der Waals surface area contributed by atoms with Crippen molar-refractivity contribution in [1.82, 2.24) is 4.90 Å². The Balaban J connectivity index is 1.52. The number of hydrogen-bond acceptors (Lipinski definition) is 5. The third kappa shape index (κ3) is 6.01. The lowest BCUT2D eigenvalue weighted by Crippen LogP contribution is -2.56. The second kappa shape index (κ2) is 11.3. The van der Waals surface area contributed by atoms with Crippen molar-refractivity contribution in [3.8, 4) is 11.5 Å². The summed E-state index contributed by atoms with van der Waals surface area (Å²) in [4.78, 5) is 28.4. The molecule has 1 aliphatic carbocycles. The van der Waals surface area contributed by atoms with E-state index in [9.17, 15) is 9.59 Å². The predicted molar refractivity (Wildman–Crippen MR) is 132 cm³/mol. The van der Waals surface area contributed by atoms with E-state index in [-0.39, 0.29) is 30.9 Å². The maximum atomic E-state index is 12.9. The summed E-state index contributed by atoms with van der Waals surface area (Å²) in [7, 11) is 1.67. The van der Waals surface area contributed by atoms with Crippen molar-refractivity contribution in [2.24, 2.45) is 5.73 Å². The van der Waals surface area contributed by atoms with Crippen LogP contribution in [0.25, 0.3) is 0 Å². The van der Waals surface area contributed by atoms with Gasteiger partial charge in [0.25, 0.3) is 0 Å². The highest BCUT2D eigenvalue weighted by Gasteiger charge is 2.31. The third-order valence-electron chi connectivity index (χ3n) is 6.81. The van der Waals surface area contributed by atoms with Crippen molar-refractivity contribution in [1.29, 1.82) is 0 Å². The van der Waals surface area contributed by atoms with Gasteiger partial charge in [0.1, 0.15) is 0 Å². The molecule has 1 heterocycles. The standard InChI is InChI=1S/C27H35N3O4/c1-33-24-12-11-21(18-25(24)34-23-9-5-6-10-23)29-15-16-30(27(32)14-13-26(28)31)22(19-29)17-20-7-3-2-4-8-20/h2-4,7-8,11-12,18,22-23H,5-6,9-10,13-17,19H2,1H3,(H2,28,31). The zero-order chi connectivity index (χ0) is 23.9. The van der Waals surface area contributed by atoms with Crippen LogP contribution < -0.4 is 20.1 Å². The van der Waals surface area contributed by atoms with Crippen LogP contribution in [-0.4, -0.2) is 55.6 Å². The van der Waals surface area contributed by atoms with Gasteiger partial charge in [0, 0.05) is 44.2 Å². The molecule has 2 aromatic carbocycles. The maximum absolute atomic E-state index is 12.9. The molecule has 2 N–H and O–H groups in total. The lowest BCUT2D eigenvalue weighted by atomic mass is 10.0.